The molecule has 0 bridgehead atoms. The van der Waals surface area contributed by atoms with E-state index in [1.807, 2.05) is 18.2 Å². The minimum atomic E-state index is -1.21. The van der Waals surface area contributed by atoms with Gasteiger partial charge in [0.2, 0.25) is 5.76 Å². The van der Waals surface area contributed by atoms with Gasteiger partial charge >= 0.3 is 5.97 Å². The number of carboxylic acid groups (broad SMARTS) is 1. The van der Waals surface area contributed by atoms with Gasteiger partial charge in [0.15, 0.2) is 5.76 Å². The van der Waals surface area contributed by atoms with Crippen molar-refractivity contribution in [2.24, 2.45) is 0 Å². The van der Waals surface area contributed by atoms with Crippen LogP contribution in [0.5, 0.6) is 0 Å². The third kappa shape index (κ3) is 4.70. The Bertz CT molecular complexity index is 746. The van der Waals surface area contributed by atoms with Gasteiger partial charge in [-0.25, -0.2) is 4.79 Å². The molecular formula is C19H21NO5. The SMILES string of the molecule is O=C(O)c1ccc(C(=O)Nc2cccc(COC3CCCCC3)c2)o1. The molecule has 1 aromatic carbocycles. The summed E-state index contributed by atoms with van der Waals surface area (Å²) in [5.74, 6) is -2.00. The Labute approximate surface area is 145 Å². The maximum atomic E-state index is 12.1. The molecule has 2 aromatic rings. The number of rotatable bonds is 6. The Kier molecular flexibility index (Phi) is 5.50. The molecule has 0 saturated heterocycles. The molecule has 0 radical (unpaired) electrons. The lowest BCUT2D eigenvalue weighted by atomic mass is 9.98. The Morgan fingerprint density at radius 2 is 1.88 bits per heavy atom. The van der Waals surface area contributed by atoms with Crippen LogP contribution in [0.3, 0.4) is 0 Å². The number of carbonyl (C=O) groups is 2. The van der Waals surface area contributed by atoms with Crippen molar-refractivity contribution in [2.45, 2.75) is 44.8 Å². The molecular weight excluding hydrogens is 322 g/mol. The Morgan fingerprint density at radius 1 is 1.12 bits per heavy atom. The normalized spacial score (nSPS) is 15.0. The fourth-order valence-corrected chi connectivity index (χ4v) is 2.95. The second-order valence-electron chi connectivity index (χ2n) is 6.19. The van der Waals surface area contributed by atoms with Gasteiger partial charge < -0.3 is 19.6 Å². The van der Waals surface area contributed by atoms with Crippen molar-refractivity contribution >= 4 is 17.6 Å². The average Bonchev–Trinajstić information content (AvgIpc) is 3.12. The number of amides is 1. The zero-order valence-corrected chi connectivity index (χ0v) is 13.9. The molecule has 1 amide bonds. The molecule has 132 valence electrons. The zero-order valence-electron chi connectivity index (χ0n) is 13.9. The van der Waals surface area contributed by atoms with Crippen LogP contribution in [-0.2, 0) is 11.3 Å². The van der Waals surface area contributed by atoms with Gasteiger partial charge in [-0.05, 0) is 42.7 Å². The summed E-state index contributed by atoms with van der Waals surface area (Å²) in [6, 6.07) is 10.0. The summed E-state index contributed by atoms with van der Waals surface area (Å²) in [6.07, 6.45) is 6.29. The van der Waals surface area contributed by atoms with Crippen LogP contribution < -0.4 is 5.32 Å². The molecule has 3 rings (SSSR count). The lowest BCUT2D eigenvalue weighted by Crippen LogP contribution is -2.16. The molecule has 6 heteroatoms. The highest BCUT2D eigenvalue weighted by Gasteiger charge is 2.16. The van der Waals surface area contributed by atoms with Crippen molar-refractivity contribution in [3.8, 4) is 0 Å². The molecule has 1 heterocycles. The highest BCUT2D eigenvalue weighted by Crippen LogP contribution is 2.22. The number of furan rings is 1. The van der Waals surface area contributed by atoms with Crippen molar-refractivity contribution < 1.29 is 23.8 Å². The first-order chi connectivity index (χ1) is 12.1. The number of carboxylic acids is 1. The van der Waals surface area contributed by atoms with Crippen LogP contribution in [-0.4, -0.2) is 23.1 Å². The Hall–Kier alpha value is -2.60. The van der Waals surface area contributed by atoms with Gasteiger partial charge in [-0.3, -0.25) is 4.79 Å². The van der Waals surface area contributed by atoms with E-state index in [2.05, 4.69) is 5.32 Å². The molecule has 25 heavy (non-hydrogen) atoms. The third-order valence-corrected chi connectivity index (χ3v) is 4.26. The summed E-state index contributed by atoms with van der Waals surface area (Å²) in [7, 11) is 0. The van der Waals surface area contributed by atoms with Gasteiger partial charge in [0, 0.05) is 5.69 Å². The number of carbonyl (C=O) groups excluding carboxylic acids is 1. The number of hydrogen-bond acceptors (Lipinski definition) is 4. The van der Waals surface area contributed by atoms with Crippen LogP contribution in [0.2, 0.25) is 0 Å². The summed E-state index contributed by atoms with van der Waals surface area (Å²) in [5, 5.41) is 11.5. The van der Waals surface area contributed by atoms with Crippen molar-refractivity contribution in [3.63, 3.8) is 0 Å². The number of hydrogen-bond donors (Lipinski definition) is 2. The molecule has 1 aromatic heterocycles. The Morgan fingerprint density at radius 3 is 2.60 bits per heavy atom. The largest absolute Gasteiger partial charge is 0.475 e. The summed E-state index contributed by atoms with van der Waals surface area (Å²) in [5.41, 5.74) is 1.59. The van der Waals surface area contributed by atoms with E-state index in [0.717, 1.165) is 18.4 Å². The van der Waals surface area contributed by atoms with Crippen LogP contribution in [0.25, 0.3) is 0 Å². The smallest absolute Gasteiger partial charge is 0.371 e. The predicted molar refractivity (Wildman–Crippen MR) is 91.7 cm³/mol. The third-order valence-electron chi connectivity index (χ3n) is 4.26. The summed E-state index contributed by atoms with van der Waals surface area (Å²) >= 11 is 0. The fourth-order valence-electron chi connectivity index (χ4n) is 2.95. The minimum absolute atomic E-state index is 0.0405. The molecule has 6 nitrogen and oxygen atoms in total. The first kappa shape index (κ1) is 17.2. The van der Waals surface area contributed by atoms with Gasteiger partial charge in [0.05, 0.1) is 12.7 Å². The van der Waals surface area contributed by atoms with E-state index in [0.29, 0.717) is 18.4 Å². The van der Waals surface area contributed by atoms with Gasteiger partial charge in [-0.2, -0.15) is 0 Å². The number of aromatic carboxylic acids is 1. The fraction of sp³-hybridized carbons (Fsp3) is 0.368. The van der Waals surface area contributed by atoms with Crippen LogP contribution in [0.15, 0.2) is 40.8 Å². The lowest BCUT2D eigenvalue weighted by molar-refractivity contribution is 0.0169. The molecule has 1 aliphatic carbocycles. The van der Waals surface area contributed by atoms with Crippen molar-refractivity contribution in [1.29, 1.82) is 0 Å². The second kappa shape index (κ2) is 7.98. The van der Waals surface area contributed by atoms with Crippen molar-refractivity contribution in [1.82, 2.24) is 0 Å². The molecule has 1 fully saturated rings. The quantitative estimate of drug-likeness (QED) is 0.825. The van der Waals surface area contributed by atoms with Gasteiger partial charge in [0.25, 0.3) is 5.91 Å². The lowest BCUT2D eigenvalue weighted by Gasteiger charge is -2.22. The van der Waals surface area contributed by atoms with Crippen LogP contribution in [0.1, 0.15) is 58.8 Å². The van der Waals surface area contributed by atoms with Crippen LogP contribution in [0, 0.1) is 0 Å². The summed E-state index contributed by atoms with van der Waals surface area (Å²) in [6.45, 7) is 0.512. The highest BCUT2D eigenvalue weighted by atomic mass is 16.5. The molecule has 2 N–H and O–H groups in total. The van der Waals surface area contributed by atoms with Crippen molar-refractivity contribution in [3.05, 3.63) is 53.5 Å². The van der Waals surface area contributed by atoms with Gasteiger partial charge in [-0.1, -0.05) is 31.4 Å². The van der Waals surface area contributed by atoms with E-state index in [9.17, 15) is 9.59 Å². The number of benzene rings is 1. The average molecular weight is 343 g/mol. The number of nitrogens with one attached hydrogen (secondary N) is 1. The van der Waals surface area contributed by atoms with Gasteiger partial charge in [-0.15, -0.1) is 0 Å². The van der Waals surface area contributed by atoms with E-state index >= 15 is 0 Å². The molecule has 0 atom stereocenters. The second-order valence-corrected chi connectivity index (χ2v) is 6.19. The predicted octanol–water partition coefficient (Wildman–Crippen LogP) is 4.08. The van der Waals surface area contributed by atoms with E-state index < -0.39 is 11.9 Å². The van der Waals surface area contributed by atoms with Crippen LogP contribution >= 0.6 is 0 Å². The molecule has 0 spiro atoms. The summed E-state index contributed by atoms with van der Waals surface area (Å²) in [4.78, 5) is 22.9. The number of ether oxygens (including phenoxy) is 1. The van der Waals surface area contributed by atoms with Crippen molar-refractivity contribution in [2.75, 3.05) is 5.32 Å². The maximum absolute atomic E-state index is 12.1. The van der Waals surface area contributed by atoms with E-state index in [-0.39, 0.29) is 11.5 Å². The first-order valence-electron chi connectivity index (χ1n) is 8.47. The van der Waals surface area contributed by atoms with E-state index in [1.165, 1.54) is 31.4 Å². The highest BCUT2D eigenvalue weighted by molar-refractivity contribution is 6.02. The monoisotopic (exact) mass is 343 g/mol. The molecule has 1 saturated carbocycles. The molecule has 0 unspecified atom stereocenters. The molecule has 0 aliphatic heterocycles. The first-order valence-corrected chi connectivity index (χ1v) is 8.47. The van der Waals surface area contributed by atoms with E-state index in [4.69, 9.17) is 14.3 Å². The molecule has 1 aliphatic rings. The minimum Gasteiger partial charge on any atom is -0.475 e. The van der Waals surface area contributed by atoms with Gasteiger partial charge in [0.1, 0.15) is 0 Å². The van der Waals surface area contributed by atoms with Crippen LogP contribution in [0.4, 0.5) is 5.69 Å². The number of anilines is 1. The zero-order chi connectivity index (χ0) is 17.6. The Balaban J connectivity index is 1.58. The van der Waals surface area contributed by atoms with E-state index in [1.54, 1.807) is 6.07 Å². The topological polar surface area (TPSA) is 88.8 Å². The summed E-state index contributed by atoms with van der Waals surface area (Å²) < 4.78 is 10.9. The standard InChI is InChI=1S/C19H21NO5/c21-18(16-9-10-17(25-16)19(22)23)20-14-6-4-5-13(11-14)12-24-15-7-2-1-3-8-15/h4-6,9-11,15H,1-3,7-8,12H2,(H,20,21)(H,22,23). The maximum Gasteiger partial charge on any atom is 0.371 e.